The minimum absolute atomic E-state index is 0.414. The van der Waals surface area contributed by atoms with E-state index in [9.17, 15) is 0 Å². The first-order valence-electron chi connectivity index (χ1n) is 2.41. The quantitative estimate of drug-likeness (QED) is 0.576. The Morgan fingerprint density at radius 1 is 1.67 bits per heavy atom. The summed E-state index contributed by atoms with van der Waals surface area (Å²) < 4.78 is 5.28. The Labute approximate surface area is 80.7 Å². The molecule has 0 radical (unpaired) electrons. The lowest BCUT2D eigenvalue weighted by molar-refractivity contribution is 0.393. The minimum atomic E-state index is 0.414. The highest BCUT2D eigenvalue weighted by molar-refractivity contribution is 14.2. The summed E-state index contributed by atoms with van der Waals surface area (Å²) >= 11 is 4.57. The van der Waals surface area contributed by atoms with Crippen LogP contribution in [0, 0.1) is 6.92 Å². The van der Waals surface area contributed by atoms with Gasteiger partial charge < -0.3 is 4.52 Å². The van der Waals surface area contributed by atoms with Gasteiger partial charge in [-0.05, 0) is 6.92 Å². The highest BCUT2D eigenvalue weighted by atomic mass is 127. The van der Waals surface area contributed by atoms with Crippen molar-refractivity contribution in [2.24, 2.45) is 0 Å². The number of halogens is 2. The Morgan fingerprint density at radius 3 is 2.56 bits per heavy atom. The molecule has 0 bridgehead atoms. The molecule has 0 amide bonds. The first-order valence-corrected chi connectivity index (χ1v) is 4.90. The molecule has 0 fully saturated rings. The molecule has 0 saturated carbocycles. The Morgan fingerprint density at radius 2 is 2.33 bits per heavy atom. The molecule has 1 rings (SSSR count). The summed E-state index contributed by atoms with van der Waals surface area (Å²) in [7, 11) is 0. The molecular weight excluding hydrogens is 344 g/mol. The van der Waals surface area contributed by atoms with Gasteiger partial charge in [0, 0.05) is 6.07 Å². The zero-order chi connectivity index (χ0) is 6.85. The second-order valence-corrected chi connectivity index (χ2v) is 6.54. The molecule has 0 spiro atoms. The van der Waals surface area contributed by atoms with E-state index in [1.165, 1.54) is 0 Å². The van der Waals surface area contributed by atoms with Crippen molar-refractivity contribution in [1.29, 1.82) is 0 Å². The highest BCUT2D eigenvalue weighted by Gasteiger charge is 2.05. The molecule has 0 atom stereocenters. The molecule has 0 aliphatic rings. The maximum atomic E-state index is 4.87. The van der Waals surface area contributed by atoms with Gasteiger partial charge in [-0.1, -0.05) is 50.3 Å². The summed E-state index contributed by atoms with van der Waals surface area (Å²) in [6.45, 7) is 1.90. The van der Waals surface area contributed by atoms with E-state index in [1.807, 2.05) is 13.0 Å². The van der Waals surface area contributed by atoms with Crippen LogP contribution in [0.15, 0.2) is 10.6 Å². The van der Waals surface area contributed by atoms with E-state index in [2.05, 4.69) is 50.3 Å². The first-order chi connectivity index (χ1) is 4.20. The molecule has 0 N–H and O–H groups in total. The predicted molar refractivity (Wildman–Crippen MR) is 52.0 cm³/mol. The fourth-order valence-corrected chi connectivity index (χ4v) is 1.08. The minimum Gasteiger partial charge on any atom is -0.361 e. The molecule has 1 aromatic heterocycles. The molecule has 50 valence electrons. The Hall–Kier alpha value is 0.670. The third kappa shape index (κ3) is 2.06. The fraction of sp³-hybridized carbons (Fsp3) is 0.400. The van der Waals surface area contributed by atoms with Crippen LogP contribution >= 0.6 is 45.2 Å². The zero-order valence-electron chi connectivity index (χ0n) is 4.77. The van der Waals surface area contributed by atoms with E-state index in [1.54, 1.807) is 0 Å². The third-order valence-electron chi connectivity index (χ3n) is 0.870. The van der Waals surface area contributed by atoms with Crippen LogP contribution in [0.2, 0.25) is 0 Å². The van der Waals surface area contributed by atoms with Gasteiger partial charge in [-0.25, -0.2) is 0 Å². The lowest BCUT2D eigenvalue weighted by Gasteiger charge is -1.88. The lowest BCUT2D eigenvalue weighted by atomic mass is 10.4. The van der Waals surface area contributed by atoms with Crippen molar-refractivity contribution in [3.05, 3.63) is 17.5 Å². The van der Waals surface area contributed by atoms with Gasteiger partial charge in [-0.2, -0.15) is 0 Å². The molecule has 0 saturated heterocycles. The van der Waals surface area contributed by atoms with Crippen LogP contribution in [0.25, 0.3) is 0 Å². The number of aromatic nitrogens is 1. The van der Waals surface area contributed by atoms with Gasteiger partial charge in [0.1, 0.15) is 13.4 Å². The molecule has 4 heteroatoms. The maximum absolute atomic E-state index is 4.87. The van der Waals surface area contributed by atoms with Crippen LogP contribution in [-0.2, 0) is 0 Å². The maximum Gasteiger partial charge on any atom is 0.133 e. The number of hydrogen-bond donors (Lipinski definition) is 0. The first kappa shape index (κ1) is 7.77. The summed E-state index contributed by atoms with van der Waals surface area (Å²) in [6, 6.07) is 1.95. The van der Waals surface area contributed by atoms with Crippen molar-refractivity contribution in [3.63, 3.8) is 0 Å². The van der Waals surface area contributed by atoms with E-state index in [0.29, 0.717) is 1.93 Å². The summed E-state index contributed by atoms with van der Waals surface area (Å²) in [5.41, 5.74) is 1.01. The lowest BCUT2D eigenvalue weighted by Crippen LogP contribution is -1.75. The number of rotatable bonds is 1. The summed E-state index contributed by atoms with van der Waals surface area (Å²) in [5, 5.41) is 3.83. The van der Waals surface area contributed by atoms with Gasteiger partial charge in [0.25, 0.3) is 0 Å². The average molecular weight is 349 g/mol. The number of aryl methyl sites for hydroxylation is 1. The highest BCUT2D eigenvalue weighted by Crippen LogP contribution is 2.29. The molecule has 0 aliphatic carbocycles. The monoisotopic (exact) mass is 349 g/mol. The molecule has 1 heterocycles. The number of alkyl halides is 2. The molecule has 9 heavy (non-hydrogen) atoms. The van der Waals surface area contributed by atoms with Crippen LogP contribution < -0.4 is 0 Å². The van der Waals surface area contributed by atoms with E-state index >= 15 is 0 Å². The van der Waals surface area contributed by atoms with E-state index in [-0.39, 0.29) is 0 Å². The van der Waals surface area contributed by atoms with Crippen molar-refractivity contribution in [2.45, 2.75) is 8.86 Å². The molecule has 0 unspecified atom stereocenters. The molecule has 0 aromatic carbocycles. The smallest absolute Gasteiger partial charge is 0.133 e. The number of hydrogen-bond acceptors (Lipinski definition) is 2. The van der Waals surface area contributed by atoms with Crippen molar-refractivity contribution < 1.29 is 4.52 Å². The second kappa shape index (κ2) is 3.18. The van der Waals surface area contributed by atoms with E-state index in [0.717, 1.165) is 11.5 Å². The second-order valence-electron chi connectivity index (χ2n) is 1.66. The molecule has 1 aromatic rings. The van der Waals surface area contributed by atoms with Crippen molar-refractivity contribution in [2.75, 3.05) is 0 Å². The molecular formula is C5H5I2NO. The van der Waals surface area contributed by atoms with Gasteiger partial charge in [0.15, 0.2) is 0 Å². The largest absolute Gasteiger partial charge is 0.361 e. The normalized spacial score (nSPS) is 10.7. The molecule has 0 aliphatic heterocycles. The van der Waals surface area contributed by atoms with Gasteiger partial charge in [0.2, 0.25) is 0 Å². The standard InChI is InChI=1S/C5H5I2NO/c1-3-2-4(5(6)7)8-9-3/h2,5H,1H3. The van der Waals surface area contributed by atoms with Gasteiger partial charge in [-0.3, -0.25) is 0 Å². The van der Waals surface area contributed by atoms with Crippen molar-refractivity contribution in [1.82, 2.24) is 5.16 Å². The summed E-state index contributed by atoms with van der Waals surface area (Å²) in [5.74, 6) is 0.878. The Balaban J connectivity index is 2.85. The van der Waals surface area contributed by atoms with Gasteiger partial charge in [-0.15, -0.1) is 0 Å². The average Bonchev–Trinajstić information content (AvgIpc) is 2.14. The zero-order valence-corrected chi connectivity index (χ0v) is 9.08. The van der Waals surface area contributed by atoms with Crippen LogP contribution in [0.4, 0.5) is 0 Å². The summed E-state index contributed by atoms with van der Waals surface area (Å²) in [6.07, 6.45) is 0. The van der Waals surface area contributed by atoms with Gasteiger partial charge in [0.05, 0.1) is 0 Å². The Kier molecular flexibility index (Phi) is 2.74. The number of nitrogens with zero attached hydrogens (tertiary/aromatic N) is 1. The van der Waals surface area contributed by atoms with Crippen LogP contribution in [0.3, 0.4) is 0 Å². The van der Waals surface area contributed by atoms with Crippen LogP contribution in [0.5, 0.6) is 0 Å². The van der Waals surface area contributed by atoms with Crippen LogP contribution in [0.1, 0.15) is 13.4 Å². The van der Waals surface area contributed by atoms with Gasteiger partial charge >= 0.3 is 0 Å². The van der Waals surface area contributed by atoms with Crippen LogP contribution in [-0.4, -0.2) is 5.16 Å². The third-order valence-corrected chi connectivity index (χ3v) is 2.15. The predicted octanol–water partition coefficient (Wildman–Crippen LogP) is 2.85. The summed E-state index contributed by atoms with van der Waals surface area (Å²) in [4.78, 5) is 0. The SMILES string of the molecule is Cc1cc(C(I)I)no1. The van der Waals surface area contributed by atoms with E-state index < -0.39 is 0 Å². The molecule has 2 nitrogen and oxygen atoms in total. The van der Waals surface area contributed by atoms with Crippen molar-refractivity contribution in [3.8, 4) is 0 Å². The van der Waals surface area contributed by atoms with Crippen molar-refractivity contribution >= 4 is 45.2 Å². The topological polar surface area (TPSA) is 26.0 Å². The van der Waals surface area contributed by atoms with E-state index in [4.69, 9.17) is 4.52 Å². The fourth-order valence-electron chi connectivity index (χ4n) is 0.488. The Bertz CT molecular complexity index is 197.